The normalized spacial score (nSPS) is 18.1. The minimum atomic E-state index is 0.0809. The monoisotopic (exact) mass is 313 g/mol. The van der Waals surface area contributed by atoms with Gasteiger partial charge in [0.2, 0.25) is 0 Å². The van der Waals surface area contributed by atoms with Crippen molar-refractivity contribution in [2.75, 3.05) is 13.2 Å². The molecule has 1 saturated heterocycles. The topological polar surface area (TPSA) is 58.4 Å². The zero-order valence-corrected chi connectivity index (χ0v) is 13.3. The fraction of sp³-hybridized carbons (Fsp3) is 0.444. The molecule has 2 aromatic rings. The Bertz CT molecular complexity index is 620. The summed E-state index contributed by atoms with van der Waals surface area (Å²) in [5.41, 5.74) is 1.87. The Balaban J connectivity index is 1.69. The second-order valence-electron chi connectivity index (χ2n) is 6.09. The van der Waals surface area contributed by atoms with Gasteiger partial charge in [-0.1, -0.05) is 12.1 Å². The molecule has 0 spiro atoms. The molecule has 2 heterocycles. The predicted octanol–water partition coefficient (Wildman–Crippen LogP) is 2.31. The number of rotatable bonds is 5. The van der Waals surface area contributed by atoms with E-state index < -0.39 is 0 Å². The Hall–Kier alpha value is -2.14. The van der Waals surface area contributed by atoms with Gasteiger partial charge in [-0.25, -0.2) is 4.98 Å². The molecule has 0 radical (unpaired) electrons. The van der Waals surface area contributed by atoms with Crippen LogP contribution in [0.1, 0.15) is 41.6 Å². The Kier molecular flexibility index (Phi) is 5.08. The van der Waals surface area contributed by atoms with Gasteiger partial charge in [-0.3, -0.25) is 4.79 Å². The van der Waals surface area contributed by atoms with Crippen molar-refractivity contribution < 1.29 is 9.90 Å². The summed E-state index contributed by atoms with van der Waals surface area (Å²) >= 11 is 0. The summed E-state index contributed by atoms with van der Waals surface area (Å²) in [6.07, 6.45) is 9.31. The van der Waals surface area contributed by atoms with E-state index in [0.717, 1.165) is 43.5 Å². The van der Waals surface area contributed by atoms with Gasteiger partial charge in [0.15, 0.2) is 0 Å². The molecular weight excluding hydrogens is 290 g/mol. The van der Waals surface area contributed by atoms with Crippen LogP contribution in [0.3, 0.4) is 0 Å². The zero-order valence-electron chi connectivity index (χ0n) is 13.3. The van der Waals surface area contributed by atoms with Crippen LogP contribution >= 0.6 is 0 Å². The molecule has 1 fully saturated rings. The van der Waals surface area contributed by atoms with E-state index in [9.17, 15) is 9.90 Å². The first-order valence-corrected chi connectivity index (χ1v) is 8.24. The van der Waals surface area contributed by atoms with E-state index in [1.165, 1.54) is 0 Å². The Labute approximate surface area is 136 Å². The van der Waals surface area contributed by atoms with Crippen LogP contribution < -0.4 is 0 Å². The maximum Gasteiger partial charge on any atom is 0.254 e. The molecule has 5 heteroatoms. The molecule has 3 rings (SSSR count). The summed E-state index contributed by atoms with van der Waals surface area (Å²) in [7, 11) is 0. The number of carbonyl (C=O) groups is 1. The molecule has 0 aliphatic carbocycles. The molecule has 0 bridgehead atoms. The number of likely N-dealkylation sites (tertiary alicyclic amines) is 1. The van der Waals surface area contributed by atoms with Gasteiger partial charge >= 0.3 is 0 Å². The van der Waals surface area contributed by atoms with E-state index in [1.807, 2.05) is 39.9 Å². The maximum atomic E-state index is 12.7. The van der Waals surface area contributed by atoms with Gasteiger partial charge in [0, 0.05) is 43.7 Å². The van der Waals surface area contributed by atoms with Crippen molar-refractivity contribution in [3.8, 4) is 0 Å². The summed E-state index contributed by atoms with van der Waals surface area (Å²) < 4.78 is 2.00. The number of aliphatic hydroxyl groups is 1. The van der Waals surface area contributed by atoms with Crippen molar-refractivity contribution in [2.24, 2.45) is 0 Å². The van der Waals surface area contributed by atoms with Crippen molar-refractivity contribution in [1.29, 1.82) is 0 Å². The van der Waals surface area contributed by atoms with Crippen LogP contribution in [0.25, 0.3) is 0 Å². The lowest BCUT2D eigenvalue weighted by Crippen LogP contribution is -2.44. The van der Waals surface area contributed by atoms with E-state index in [4.69, 9.17) is 0 Å². The lowest BCUT2D eigenvalue weighted by Gasteiger charge is -2.35. The van der Waals surface area contributed by atoms with Gasteiger partial charge in [-0.15, -0.1) is 0 Å². The fourth-order valence-electron chi connectivity index (χ4n) is 3.23. The van der Waals surface area contributed by atoms with Crippen molar-refractivity contribution in [1.82, 2.24) is 14.5 Å². The molecule has 1 aliphatic heterocycles. The molecule has 1 N–H and O–H groups in total. The summed E-state index contributed by atoms with van der Waals surface area (Å²) in [4.78, 5) is 18.7. The standard InChI is InChI=1S/C18H23N3O2/c22-12-8-17-3-1-2-10-21(17)18(23)16-6-4-15(5-7-16)13-20-11-9-19-14-20/h4-7,9,11,14,17,22H,1-3,8,10,12-13H2. The molecule has 23 heavy (non-hydrogen) atoms. The highest BCUT2D eigenvalue weighted by molar-refractivity contribution is 5.94. The van der Waals surface area contributed by atoms with E-state index in [2.05, 4.69) is 4.98 Å². The summed E-state index contributed by atoms with van der Waals surface area (Å²) in [6, 6.07) is 7.97. The summed E-state index contributed by atoms with van der Waals surface area (Å²) in [6.45, 7) is 1.68. The van der Waals surface area contributed by atoms with Crippen LogP contribution in [0.2, 0.25) is 0 Å². The van der Waals surface area contributed by atoms with Crippen LogP contribution in [-0.4, -0.2) is 44.7 Å². The largest absolute Gasteiger partial charge is 0.396 e. The third-order valence-corrected chi connectivity index (χ3v) is 4.48. The van der Waals surface area contributed by atoms with E-state index >= 15 is 0 Å². The van der Waals surface area contributed by atoms with E-state index in [0.29, 0.717) is 6.42 Å². The number of hydrogen-bond acceptors (Lipinski definition) is 3. The maximum absolute atomic E-state index is 12.7. The van der Waals surface area contributed by atoms with Crippen molar-refractivity contribution in [3.05, 3.63) is 54.1 Å². The van der Waals surface area contributed by atoms with E-state index in [1.54, 1.807) is 12.5 Å². The van der Waals surface area contributed by atoms with Gasteiger partial charge in [0.05, 0.1) is 6.33 Å². The summed E-state index contributed by atoms with van der Waals surface area (Å²) in [5, 5.41) is 9.20. The zero-order chi connectivity index (χ0) is 16.1. The number of aliphatic hydroxyl groups excluding tert-OH is 1. The number of aromatic nitrogens is 2. The number of amides is 1. The second-order valence-corrected chi connectivity index (χ2v) is 6.09. The third-order valence-electron chi connectivity index (χ3n) is 4.48. The van der Waals surface area contributed by atoms with Crippen molar-refractivity contribution in [2.45, 2.75) is 38.3 Å². The third kappa shape index (κ3) is 3.79. The molecule has 1 atom stereocenters. The molecule has 1 unspecified atom stereocenters. The molecule has 1 aliphatic rings. The minimum absolute atomic E-state index is 0.0809. The first kappa shape index (κ1) is 15.7. The van der Waals surface area contributed by atoms with Crippen LogP contribution in [0.15, 0.2) is 43.0 Å². The molecule has 1 aromatic carbocycles. The number of carbonyl (C=O) groups excluding carboxylic acids is 1. The number of imidazole rings is 1. The van der Waals surface area contributed by atoms with Gasteiger partial charge < -0.3 is 14.6 Å². The van der Waals surface area contributed by atoms with Crippen LogP contribution in [0.5, 0.6) is 0 Å². The number of benzene rings is 1. The first-order chi connectivity index (χ1) is 11.3. The molecule has 0 saturated carbocycles. The lowest BCUT2D eigenvalue weighted by atomic mass is 9.98. The Morgan fingerprint density at radius 1 is 1.26 bits per heavy atom. The highest BCUT2D eigenvalue weighted by atomic mass is 16.3. The predicted molar refractivity (Wildman–Crippen MR) is 88.1 cm³/mol. The number of nitrogens with zero attached hydrogens (tertiary/aromatic N) is 3. The quantitative estimate of drug-likeness (QED) is 0.921. The smallest absolute Gasteiger partial charge is 0.254 e. The van der Waals surface area contributed by atoms with Gasteiger partial charge in [0.1, 0.15) is 0 Å². The first-order valence-electron chi connectivity index (χ1n) is 8.24. The average Bonchev–Trinajstić information content (AvgIpc) is 3.09. The van der Waals surface area contributed by atoms with Crippen LogP contribution in [0, 0.1) is 0 Å². The molecular formula is C18H23N3O2. The average molecular weight is 313 g/mol. The van der Waals surface area contributed by atoms with Gasteiger partial charge in [0.25, 0.3) is 5.91 Å². The minimum Gasteiger partial charge on any atom is -0.396 e. The van der Waals surface area contributed by atoms with Crippen molar-refractivity contribution in [3.63, 3.8) is 0 Å². The highest BCUT2D eigenvalue weighted by Crippen LogP contribution is 2.22. The lowest BCUT2D eigenvalue weighted by molar-refractivity contribution is 0.0574. The number of hydrogen-bond donors (Lipinski definition) is 1. The number of piperidine rings is 1. The molecule has 122 valence electrons. The van der Waals surface area contributed by atoms with Gasteiger partial charge in [-0.2, -0.15) is 0 Å². The highest BCUT2D eigenvalue weighted by Gasteiger charge is 2.26. The fourth-order valence-corrected chi connectivity index (χ4v) is 3.23. The molecule has 1 aromatic heterocycles. The van der Waals surface area contributed by atoms with E-state index in [-0.39, 0.29) is 18.6 Å². The molecule has 5 nitrogen and oxygen atoms in total. The molecule has 1 amide bonds. The Morgan fingerprint density at radius 2 is 2.09 bits per heavy atom. The van der Waals surface area contributed by atoms with Crippen LogP contribution in [0.4, 0.5) is 0 Å². The SMILES string of the molecule is O=C(c1ccc(Cn2ccnc2)cc1)N1CCCCC1CCO. The summed E-state index contributed by atoms with van der Waals surface area (Å²) in [5.74, 6) is 0.0809. The Morgan fingerprint density at radius 3 is 2.78 bits per heavy atom. The van der Waals surface area contributed by atoms with Gasteiger partial charge in [-0.05, 0) is 43.4 Å². The van der Waals surface area contributed by atoms with Crippen LogP contribution in [-0.2, 0) is 6.54 Å². The van der Waals surface area contributed by atoms with Crippen molar-refractivity contribution >= 4 is 5.91 Å². The second kappa shape index (κ2) is 7.42.